The van der Waals surface area contributed by atoms with Crippen molar-refractivity contribution in [2.75, 3.05) is 6.26 Å². The van der Waals surface area contributed by atoms with Crippen LogP contribution < -0.4 is 18.6 Å². The molecule has 0 heterocycles. The maximum atomic E-state index is 8.49. The Labute approximate surface area is 117 Å². The van der Waals surface area contributed by atoms with Crippen molar-refractivity contribution in [2.45, 2.75) is 9.79 Å². The first-order valence-corrected chi connectivity index (χ1v) is 8.12. The SMILES string of the molecule is C[S+](c1ccccc1)c1ccccc1.[O-][Cl+3]([O-])([O-])[O-]. The summed E-state index contributed by atoms with van der Waals surface area (Å²) in [5.41, 5.74) is 0. The number of hydrogen-bond acceptors (Lipinski definition) is 4. The van der Waals surface area contributed by atoms with Gasteiger partial charge in [-0.2, -0.15) is 0 Å². The van der Waals surface area contributed by atoms with E-state index in [9.17, 15) is 0 Å². The van der Waals surface area contributed by atoms with Gasteiger partial charge >= 0.3 is 0 Å². The molecule has 0 aliphatic rings. The largest absolute Gasteiger partial charge is 0.222 e. The predicted octanol–water partition coefficient (Wildman–Crippen LogP) is -1.40. The molecule has 2 aromatic carbocycles. The summed E-state index contributed by atoms with van der Waals surface area (Å²) < 4.78 is 34.0. The molecule has 0 amide bonds. The van der Waals surface area contributed by atoms with Crippen LogP contribution in [0.15, 0.2) is 70.5 Å². The minimum absolute atomic E-state index is 0.203. The number of halogens is 1. The van der Waals surface area contributed by atoms with Gasteiger partial charge in [-0.15, -0.1) is 10.2 Å². The molecule has 0 aliphatic heterocycles. The first-order chi connectivity index (χ1) is 8.88. The summed E-state index contributed by atoms with van der Waals surface area (Å²) in [6.07, 6.45) is 2.27. The van der Waals surface area contributed by atoms with Crippen molar-refractivity contribution in [3.8, 4) is 0 Å². The lowest BCUT2D eigenvalue weighted by atomic mass is 10.4. The normalized spacial score (nSPS) is 10.8. The molecule has 0 spiro atoms. The van der Waals surface area contributed by atoms with Crippen LogP contribution in [0.25, 0.3) is 0 Å². The Hall–Kier alpha value is -1.08. The fourth-order valence-corrected chi connectivity index (χ4v) is 2.79. The zero-order valence-electron chi connectivity index (χ0n) is 10.2. The van der Waals surface area contributed by atoms with Crippen molar-refractivity contribution in [1.29, 1.82) is 0 Å². The highest BCUT2D eigenvalue weighted by atomic mass is 35.7. The molecule has 0 fully saturated rings. The van der Waals surface area contributed by atoms with Gasteiger partial charge in [0.05, 0.1) is 10.9 Å². The van der Waals surface area contributed by atoms with Crippen molar-refractivity contribution in [3.63, 3.8) is 0 Å². The third-order valence-electron chi connectivity index (χ3n) is 2.19. The van der Waals surface area contributed by atoms with Gasteiger partial charge in [0.2, 0.25) is 0 Å². The van der Waals surface area contributed by atoms with Gasteiger partial charge in [-0.1, -0.05) is 36.4 Å². The van der Waals surface area contributed by atoms with E-state index in [1.54, 1.807) is 0 Å². The fourth-order valence-electron chi connectivity index (χ4n) is 1.39. The molecule has 19 heavy (non-hydrogen) atoms. The third kappa shape index (κ3) is 7.17. The van der Waals surface area contributed by atoms with Crippen molar-refractivity contribution in [3.05, 3.63) is 60.7 Å². The molecule has 0 aliphatic carbocycles. The molecule has 0 radical (unpaired) electrons. The Balaban J connectivity index is 0.000000312. The van der Waals surface area contributed by atoms with Crippen LogP contribution in [0.4, 0.5) is 0 Å². The van der Waals surface area contributed by atoms with Gasteiger partial charge in [-0.05, 0) is 24.3 Å². The van der Waals surface area contributed by atoms with E-state index < -0.39 is 10.2 Å². The maximum Gasteiger partial charge on any atom is 0.160 e. The van der Waals surface area contributed by atoms with Gasteiger partial charge in [-0.3, -0.25) is 0 Å². The van der Waals surface area contributed by atoms with Crippen molar-refractivity contribution < 1.29 is 28.9 Å². The van der Waals surface area contributed by atoms with Gasteiger partial charge in [0.1, 0.15) is 6.26 Å². The minimum atomic E-state index is -4.94. The van der Waals surface area contributed by atoms with E-state index in [2.05, 4.69) is 66.9 Å². The second kappa shape index (κ2) is 7.49. The molecule has 0 atom stereocenters. The first-order valence-electron chi connectivity index (χ1n) is 5.26. The van der Waals surface area contributed by atoms with Crippen LogP contribution in [0.1, 0.15) is 0 Å². The highest BCUT2D eigenvalue weighted by molar-refractivity contribution is 7.96. The topological polar surface area (TPSA) is 92.2 Å². The molecule has 0 N–H and O–H groups in total. The van der Waals surface area contributed by atoms with Crippen LogP contribution in [0.5, 0.6) is 0 Å². The average Bonchev–Trinajstić information content (AvgIpc) is 2.38. The molecule has 0 unspecified atom stereocenters. The molecule has 6 heteroatoms. The highest BCUT2D eigenvalue weighted by Crippen LogP contribution is 2.19. The maximum absolute atomic E-state index is 8.49. The smallest absolute Gasteiger partial charge is 0.160 e. The van der Waals surface area contributed by atoms with Crippen molar-refractivity contribution >= 4 is 10.9 Å². The Bertz CT molecular complexity index is 428. The minimum Gasteiger partial charge on any atom is -0.222 e. The van der Waals surface area contributed by atoms with E-state index in [0.717, 1.165) is 0 Å². The zero-order chi connectivity index (χ0) is 14.3. The predicted molar refractivity (Wildman–Crippen MR) is 62.7 cm³/mol. The fraction of sp³-hybridized carbons (Fsp3) is 0.0769. The summed E-state index contributed by atoms with van der Waals surface area (Å²) in [7, 11) is -4.74. The van der Waals surface area contributed by atoms with E-state index in [1.165, 1.54) is 9.79 Å². The number of benzene rings is 2. The van der Waals surface area contributed by atoms with E-state index >= 15 is 0 Å². The van der Waals surface area contributed by atoms with Crippen LogP contribution in [0.3, 0.4) is 0 Å². The molecule has 0 saturated heterocycles. The van der Waals surface area contributed by atoms with Crippen LogP contribution in [-0.4, -0.2) is 6.26 Å². The molecule has 0 saturated carbocycles. The Morgan fingerprint density at radius 1 is 0.684 bits per heavy atom. The van der Waals surface area contributed by atoms with Crippen LogP contribution in [0, 0.1) is 10.2 Å². The van der Waals surface area contributed by atoms with E-state index in [0.29, 0.717) is 0 Å². The van der Waals surface area contributed by atoms with Crippen LogP contribution >= 0.6 is 0 Å². The summed E-state index contributed by atoms with van der Waals surface area (Å²) in [5.74, 6) is 0. The number of hydrogen-bond donors (Lipinski definition) is 0. The van der Waals surface area contributed by atoms with Gasteiger partial charge in [0.15, 0.2) is 9.79 Å². The highest BCUT2D eigenvalue weighted by Gasteiger charge is 2.17. The molecule has 2 aromatic rings. The van der Waals surface area contributed by atoms with Gasteiger partial charge in [-0.25, -0.2) is 18.6 Å². The molecular weight excluding hydrogens is 288 g/mol. The van der Waals surface area contributed by atoms with E-state index in [-0.39, 0.29) is 10.9 Å². The monoisotopic (exact) mass is 300 g/mol. The first kappa shape index (κ1) is 16.0. The lowest BCUT2D eigenvalue weighted by molar-refractivity contribution is -2.00. The molecule has 0 aromatic heterocycles. The number of rotatable bonds is 2. The van der Waals surface area contributed by atoms with Gasteiger partial charge in [0, 0.05) is 0 Å². The third-order valence-corrected chi connectivity index (χ3v) is 4.15. The summed E-state index contributed by atoms with van der Waals surface area (Å²) in [6.45, 7) is 0. The summed E-state index contributed by atoms with van der Waals surface area (Å²) in [6, 6.07) is 21.3. The zero-order valence-corrected chi connectivity index (χ0v) is 11.8. The molecule has 4 nitrogen and oxygen atoms in total. The van der Waals surface area contributed by atoms with Crippen LogP contribution in [-0.2, 0) is 10.9 Å². The Kier molecular flexibility index (Phi) is 6.30. The van der Waals surface area contributed by atoms with Crippen LogP contribution in [0.2, 0.25) is 0 Å². The summed E-state index contributed by atoms with van der Waals surface area (Å²) >= 11 is 0. The Morgan fingerprint density at radius 2 is 0.947 bits per heavy atom. The van der Waals surface area contributed by atoms with Gasteiger partial charge < -0.3 is 0 Å². The second-order valence-electron chi connectivity index (χ2n) is 3.51. The summed E-state index contributed by atoms with van der Waals surface area (Å²) in [5, 5.41) is 0. The van der Waals surface area contributed by atoms with Crippen molar-refractivity contribution in [1.82, 2.24) is 0 Å². The molecule has 102 valence electrons. The second-order valence-corrected chi connectivity index (χ2v) is 6.23. The summed E-state index contributed by atoms with van der Waals surface area (Å²) in [4.78, 5) is 2.80. The average molecular weight is 301 g/mol. The molecule has 0 bridgehead atoms. The lowest BCUT2D eigenvalue weighted by Gasteiger charge is -2.17. The molecular formula is C13H13ClO4S. The standard InChI is InChI=1S/C13H13S.ClHO4/c1-14(12-8-4-2-5-9-12)13-10-6-3-7-11-13;2-1(3,4)5/h2-11H,1H3;(H,2,3,4,5)/q+1;/p-1. The lowest BCUT2D eigenvalue weighted by Crippen LogP contribution is -2.68. The van der Waals surface area contributed by atoms with Crippen molar-refractivity contribution in [2.24, 2.45) is 0 Å². The van der Waals surface area contributed by atoms with E-state index in [1.807, 2.05) is 0 Å². The molecule has 2 rings (SSSR count). The van der Waals surface area contributed by atoms with Gasteiger partial charge in [0.25, 0.3) is 0 Å². The van der Waals surface area contributed by atoms with E-state index in [4.69, 9.17) is 18.6 Å². The Morgan fingerprint density at radius 3 is 1.21 bits per heavy atom. The quantitative estimate of drug-likeness (QED) is 0.638.